The number of rotatable bonds is 3. The van der Waals surface area contributed by atoms with Gasteiger partial charge in [-0.1, -0.05) is 0 Å². The topological polar surface area (TPSA) is 134 Å². The van der Waals surface area contributed by atoms with Gasteiger partial charge in [0.25, 0.3) is 5.56 Å². The van der Waals surface area contributed by atoms with Crippen LogP contribution in [0, 0.1) is 0 Å². The van der Waals surface area contributed by atoms with Gasteiger partial charge in [-0.3, -0.25) is 19.4 Å². The minimum atomic E-state index is -0.568. The summed E-state index contributed by atoms with van der Waals surface area (Å²) in [7, 11) is 1.47. The highest BCUT2D eigenvalue weighted by atomic mass is 16.2. The van der Waals surface area contributed by atoms with Gasteiger partial charge in [0.05, 0.1) is 6.04 Å². The Morgan fingerprint density at radius 2 is 2.22 bits per heavy atom. The quantitative estimate of drug-likeness (QED) is 0.549. The molecule has 0 bridgehead atoms. The van der Waals surface area contributed by atoms with Gasteiger partial charge in [-0.15, -0.1) is 0 Å². The average Bonchev–Trinajstić information content (AvgIpc) is 2.85. The molecule has 0 spiro atoms. The van der Waals surface area contributed by atoms with Gasteiger partial charge in [0.2, 0.25) is 0 Å². The van der Waals surface area contributed by atoms with E-state index in [9.17, 15) is 9.59 Å². The fraction of sp³-hybridized carbons (Fsp3) is 0.333. The summed E-state index contributed by atoms with van der Waals surface area (Å²) in [5.41, 5.74) is 4.72. The lowest BCUT2D eigenvalue weighted by atomic mass is 10.3. The second-order valence-electron chi connectivity index (χ2n) is 3.82. The maximum atomic E-state index is 11.7. The number of nitrogens with two attached hydrogens (primary N) is 1. The van der Waals surface area contributed by atoms with Crippen molar-refractivity contribution in [2.75, 3.05) is 11.1 Å². The third-order valence-electron chi connectivity index (χ3n) is 2.57. The maximum Gasteiger partial charge on any atom is 0.329 e. The Morgan fingerprint density at radius 3 is 2.83 bits per heavy atom. The summed E-state index contributed by atoms with van der Waals surface area (Å²) in [6, 6.07) is -0.298. The second-order valence-corrected chi connectivity index (χ2v) is 3.82. The molecular weight excluding hydrogens is 238 g/mol. The summed E-state index contributed by atoms with van der Waals surface area (Å²) in [6.07, 6.45) is 1.36. The normalized spacial score (nSPS) is 12.3. The van der Waals surface area contributed by atoms with E-state index in [-0.39, 0.29) is 17.5 Å². The molecule has 0 saturated carbocycles. The molecule has 0 aliphatic carbocycles. The Labute approximate surface area is 101 Å². The van der Waals surface area contributed by atoms with Crippen LogP contribution in [0.25, 0.3) is 0 Å². The highest BCUT2D eigenvalue weighted by molar-refractivity contribution is 5.60. The van der Waals surface area contributed by atoms with Crippen molar-refractivity contribution < 1.29 is 0 Å². The van der Waals surface area contributed by atoms with Crippen molar-refractivity contribution in [1.29, 1.82) is 0 Å². The number of nitrogens with zero attached hydrogens (tertiary/aromatic N) is 3. The van der Waals surface area contributed by atoms with Crippen molar-refractivity contribution in [3.63, 3.8) is 0 Å². The number of H-pyrrole nitrogens is 2. The number of hydrogen-bond acceptors (Lipinski definition) is 6. The molecule has 9 nitrogen and oxygen atoms in total. The van der Waals surface area contributed by atoms with Crippen molar-refractivity contribution in [2.24, 2.45) is 7.05 Å². The Balaban J connectivity index is 2.39. The molecule has 0 aliphatic rings. The summed E-state index contributed by atoms with van der Waals surface area (Å²) in [5.74, 6) is 0.623. The van der Waals surface area contributed by atoms with E-state index in [0.717, 1.165) is 4.57 Å². The van der Waals surface area contributed by atoms with E-state index in [1.165, 1.54) is 13.4 Å². The predicted molar refractivity (Wildman–Crippen MR) is 65.1 cm³/mol. The number of aromatic amines is 2. The van der Waals surface area contributed by atoms with Gasteiger partial charge in [0.15, 0.2) is 0 Å². The molecule has 2 rings (SSSR count). The molecule has 5 N–H and O–H groups in total. The molecule has 96 valence electrons. The summed E-state index contributed by atoms with van der Waals surface area (Å²) in [4.78, 5) is 29.1. The molecule has 0 amide bonds. The largest absolute Gasteiger partial charge is 0.383 e. The molecule has 18 heavy (non-hydrogen) atoms. The first-order valence-electron chi connectivity index (χ1n) is 5.21. The minimum absolute atomic E-state index is 0.0649. The van der Waals surface area contributed by atoms with Gasteiger partial charge in [0.1, 0.15) is 23.7 Å². The zero-order valence-electron chi connectivity index (χ0n) is 9.89. The molecule has 1 atom stereocenters. The predicted octanol–water partition coefficient (Wildman–Crippen LogP) is -1.05. The first kappa shape index (κ1) is 11.9. The van der Waals surface area contributed by atoms with Crippen molar-refractivity contribution >= 4 is 11.5 Å². The fourth-order valence-corrected chi connectivity index (χ4v) is 1.48. The van der Waals surface area contributed by atoms with Gasteiger partial charge in [0, 0.05) is 7.05 Å². The number of hydrogen-bond donors (Lipinski definition) is 4. The Kier molecular flexibility index (Phi) is 2.88. The number of nitrogen functional groups attached to an aromatic ring is 1. The zero-order valence-corrected chi connectivity index (χ0v) is 9.89. The lowest BCUT2D eigenvalue weighted by Gasteiger charge is -2.14. The first-order valence-corrected chi connectivity index (χ1v) is 5.21. The molecule has 0 saturated heterocycles. The number of nitrogens with one attached hydrogen (secondary N) is 3. The standard InChI is InChI=1S/C9H13N7O2/c1-4(7-11-3-12-15-7)13-5-6(10)16(2)9(18)14-8(5)17/h3-4,13H,10H2,1-2H3,(H,11,12,15)(H,14,17,18). The molecule has 2 aromatic rings. The highest BCUT2D eigenvalue weighted by Crippen LogP contribution is 2.16. The van der Waals surface area contributed by atoms with Crippen LogP contribution < -0.4 is 22.3 Å². The second kappa shape index (κ2) is 4.35. The molecule has 1 unspecified atom stereocenters. The van der Waals surface area contributed by atoms with Crippen LogP contribution in [-0.2, 0) is 7.05 Å². The lowest BCUT2D eigenvalue weighted by Crippen LogP contribution is -2.33. The smallest absolute Gasteiger partial charge is 0.329 e. The van der Waals surface area contributed by atoms with Gasteiger partial charge in [-0.25, -0.2) is 9.78 Å². The molecular formula is C9H13N7O2. The van der Waals surface area contributed by atoms with E-state index in [0.29, 0.717) is 5.82 Å². The Bertz CT molecular complexity index is 655. The van der Waals surface area contributed by atoms with Crippen LogP contribution in [0.5, 0.6) is 0 Å². The molecule has 2 heterocycles. The van der Waals surface area contributed by atoms with Gasteiger partial charge >= 0.3 is 5.69 Å². The van der Waals surface area contributed by atoms with E-state index in [1.807, 2.05) is 0 Å². The van der Waals surface area contributed by atoms with Gasteiger partial charge in [-0.05, 0) is 6.92 Å². The summed E-state index contributed by atoms with van der Waals surface area (Å²) < 4.78 is 1.15. The molecule has 2 aromatic heterocycles. The monoisotopic (exact) mass is 251 g/mol. The van der Waals surface area contributed by atoms with Crippen LogP contribution >= 0.6 is 0 Å². The lowest BCUT2D eigenvalue weighted by molar-refractivity contribution is 0.773. The third-order valence-corrected chi connectivity index (χ3v) is 2.57. The van der Waals surface area contributed by atoms with Gasteiger partial charge in [-0.2, -0.15) is 5.10 Å². The van der Waals surface area contributed by atoms with Crippen LogP contribution in [0.1, 0.15) is 18.8 Å². The Hall–Kier alpha value is -2.58. The summed E-state index contributed by atoms with van der Waals surface area (Å²) in [5, 5.41) is 9.28. The van der Waals surface area contributed by atoms with E-state index >= 15 is 0 Å². The molecule has 0 fully saturated rings. The maximum absolute atomic E-state index is 11.7. The van der Waals surface area contributed by atoms with Crippen LogP contribution in [0.2, 0.25) is 0 Å². The van der Waals surface area contributed by atoms with Crippen molar-refractivity contribution in [1.82, 2.24) is 24.7 Å². The summed E-state index contributed by atoms with van der Waals surface area (Å²) in [6.45, 7) is 1.78. The highest BCUT2D eigenvalue weighted by Gasteiger charge is 2.14. The van der Waals surface area contributed by atoms with Crippen LogP contribution in [0.15, 0.2) is 15.9 Å². The van der Waals surface area contributed by atoms with E-state index < -0.39 is 11.2 Å². The van der Waals surface area contributed by atoms with Gasteiger partial charge < -0.3 is 11.1 Å². The van der Waals surface area contributed by atoms with Crippen LogP contribution in [-0.4, -0.2) is 24.7 Å². The van der Waals surface area contributed by atoms with E-state index in [4.69, 9.17) is 5.73 Å². The molecule has 0 aliphatic heterocycles. The minimum Gasteiger partial charge on any atom is -0.383 e. The van der Waals surface area contributed by atoms with E-state index in [1.54, 1.807) is 6.92 Å². The molecule has 0 aromatic carbocycles. The van der Waals surface area contributed by atoms with Crippen molar-refractivity contribution in [3.8, 4) is 0 Å². The van der Waals surface area contributed by atoms with Crippen LogP contribution in [0.4, 0.5) is 11.5 Å². The SMILES string of the molecule is CC(Nc1c(N)n(C)c(=O)[nH]c1=O)c1ncn[nH]1. The van der Waals surface area contributed by atoms with Crippen molar-refractivity contribution in [2.45, 2.75) is 13.0 Å². The number of anilines is 2. The molecule has 0 radical (unpaired) electrons. The fourth-order valence-electron chi connectivity index (χ4n) is 1.48. The summed E-state index contributed by atoms with van der Waals surface area (Å²) >= 11 is 0. The Morgan fingerprint density at radius 1 is 1.50 bits per heavy atom. The van der Waals surface area contributed by atoms with Crippen molar-refractivity contribution in [3.05, 3.63) is 33.0 Å². The third kappa shape index (κ3) is 1.97. The molecule has 9 heteroatoms. The zero-order chi connectivity index (χ0) is 13.3. The number of aromatic nitrogens is 5. The first-order chi connectivity index (χ1) is 8.50. The average molecular weight is 251 g/mol. The van der Waals surface area contributed by atoms with E-state index in [2.05, 4.69) is 25.5 Å². The van der Waals surface area contributed by atoms with Crippen LogP contribution in [0.3, 0.4) is 0 Å².